The molecule has 0 spiro atoms. The average molecular weight is 356 g/mol. The Morgan fingerprint density at radius 3 is 1.57 bits per heavy atom. The quantitative estimate of drug-likeness (QED) is 0.531. The molecule has 0 aromatic heterocycles. The lowest BCUT2D eigenvalue weighted by Crippen LogP contribution is -2.50. The molecule has 0 bridgehead atoms. The average Bonchev–Trinajstić information content (AvgIpc) is 2.32. The van der Waals surface area contributed by atoms with Crippen LogP contribution in [0, 0.1) is 6.92 Å². The van der Waals surface area contributed by atoms with Gasteiger partial charge in [0, 0.05) is 11.1 Å². The third kappa shape index (κ3) is 3.13. The number of rotatable bonds is 2. The summed E-state index contributed by atoms with van der Waals surface area (Å²) in [6.07, 6.45) is -18.9. The molecule has 0 atom stereocenters. The maximum atomic E-state index is 13.8. The molecule has 1 aromatic rings. The lowest BCUT2D eigenvalue weighted by molar-refractivity contribution is -0.348. The molecule has 0 saturated heterocycles. The molecular weight excluding hydrogens is 350 g/mol. The van der Waals surface area contributed by atoms with Crippen LogP contribution in [0.2, 0.25) is 0 Å². The Bertz CT molecular complexity index is 594. The summed E-state index contributed by atoms with van der Waals surface area (Å²) in [7, 11) is 0. The third-order valence-corrected chi connectivity index (χ3v) is 2.99. The van der Waals surface area contributed by atoms with Gasteiger partial charge in [0.15, 0.2) is 6.29 Å². The molecule has 0 aliphatic heterocycles. The van der Waals surface area contributed by atoms with Crippen LogP contribution < -0.4 is 0 Å². The number of carbonyl (C=O) groups excluding carboxylic acids is 1. The number of hydrogen-bond acceptors (Lipinski definition) is 1. The first-order valence-corrected chi connectivity index (χ1v) is 5.57. The fourth-order valence-electron chi connectivity index (χ4n) is 1.88. The number of halogens is 10. The Morgan fingerprint density at radius 2 is 1.26 bits per heavy atom. The highest BCUT2D eigenvalue weighted by atomic mass is 19.4. The van der Waals surface area contributed by atoms with E-state index in [0.29, 0.717) is 6.92 Å². The highest BCUT2D eigenvalue weighted by molar-refractivity contribution is 5.80. The van der Waals surface area contributed by atoms with Crippen molar-refractivity contribution >= 4 is 6.29 Å². The van der Waals surface area contributed by atoms with E-state index in [9.17, 15) is 48.7 Å². The molecule has 1 aromatic carbocycles. The molecule has 0 fully saturated rings. The van der Waals surface area contributed by atoms with Crippen molar-refractivity contribution in [1.82, 2.24) is 0 Å². The van der Waals surface area contributed by atoms with Gasteiger partial charge < -0.3 is 0 Å². The maximum Gasteiger partial charge on any atom is 0.435 e. The number of benzene rings is 1. The first-order valence-electron chi connectivity index (χ1n) is 5.57. The summed E-state index contributed by atoms with van der Waals surface area (Å²) < 4.78 is 128. The first-order chi connectivity index (χ1) is 10.1. The number of aldehydes is 1. The second-order valence-electron chi connectivity index (χ2n) is 4.52. The van der Waals surface area contributed by atoms with Gasteiger partial charge in [-0.15, -0.1) is 0 Å². The summed E-state index contributed by atoms with van der Waals surface area (Å²) >= 11 is 0. The summed E-state index contributed by atoms with van der Waals surface area (Å²) in [5, 5.41) is 0. The lowest BCUT2D eigenvalue weighted by Gasteiger charge is -2.31. The van der Waals surface area contributed by atoms with Crippen LogP contribution in [0.15, 0.2) is 12.1 Å². The zero-order valence-electron chi connectivity index (χ0n) is 10.9. The van der Waals surface area contributed by atoms with Gasteiger partial charge in [0.25, 0.3) is 0 Å². The lowest BCUT2D eigenvalue weighted by atomic mass is 9.88. The van der Waals surface area contributed by atoms with E-state index in [1.807, 2.05) is 0 Å². The van der Waals surface area contributed by atoms with Crippen LogP contribution in [-0.4, -0.2) is 18.6 Å². The van der Waals surface area contributed by atoms with Gasteiger partial charge in [0.2, 0.25) is 0 Å². The second-order valence-corrected chi connectivity index (χ2v) is 4.52. The standard InChI is InChI=1S/C12H6F10O/c1-5-2-6(3-8(7(5)4-23)10(14,15)16)9(13,11(17,18)19)12(20,21)22/h2-4H,1H3. The highest BCUT2D eigenvalue weighted by Gasteiger charge is 2.73. The van der Waals surface area contributed by atoms with Crippen molar-refractivity contribution in [3.8, 4) is 0 Å². The van der Waals surface area contributed by atoms with Gasteiger partial charge in [-0.05, 0) is 18.6 Å². The fraction of sp³-hybridized carbons (Fsp3) is 0.417. The molecular formula is C12H6F10O. The zero-order chi connectivity index (χ0) is 18.4. The van der Waals surface area contributed by atoms with Crippen molar-refractivity contribution in [2.24, 2.45) is 0 Å². The van der Waals surface area contributed by atoms with Gasteiger partial charge in [0.05, 0.1) is 5.56 Å². The topological polar surface area (TPSA) is 17.1 Å². The summed E-state index contributed by atoms with van der Waals surface area (Å²) in [5.74, 6) is 0. The summed E-state index contributed by atoms with van der Waals surface area (Å²) in [6, 6.07) is -0.738. The molecule has 1 nitrogen and oxygen atoms in total. The van der Waals surface area contributed by atoms with Gasteiger partial charge in [-0.3, -0.25) is 4.79 Å². The van der Waals surface area contributed by atoms with Gasteiger partial charge in [-0.25, -0.2) is 4.39 Å². The van der Waals surface area contributed by atoms with Crippen LogP contribution in [0.4, 0.5) is 43.9 Å². The van der Waals surface area contributed by atoms with Crippen LogP contribution in [-0.2, 0) is 11.8 Å². The molecule has 0 amide bonds. The molecule has 0 aliphatic rings. The van der Waals surface area contributed by atoms with Crippen molar-refractivity contribution in [1.29, 1.82) is 0 Å². The normalized spacial score (nSPS) is 14.0. The van der Waals surface area contributed by atoms with Gasteiger partial charge in [-0.2, -0.15) is 39.5 Å². The van der Waals surface area contributed by atoms with E-state index >= 15 is 0 Å². The molecule has 1 rings (SSSR count). The molecule has 23 heavy (non-hydrogen) atoms. The summed E-state index contributed by atoms with van der Waals surface area (Å²) in [6.45, 7) is 0.662. The number of carbonyl (C=O) groups is 1. The van der Waals surface area contributed by atoms with E-state index < -0.39 is 52.5 Å². The van der Waals surface area contributed by atoms with E-state index in [2.05, 4.69) is 0 Å². The second kappa shape index (κ2) is 5.38. The SMILES string of the molecule is Cc1cc(C(F)(C(F)(F)F)C(F)(F)F)cc(C(F)(F)F)c1C=O. The minimum Gasteiger partial charge on any atom is -0.298 e. The Hall–Kier alpha value is -1.81. The van der Waals surface area contributed by atoms with E-state index in [-0.39, 0.29) is 12.4 Å². The van der Waals surface area contributed by atoms with Crippen LogP contribution in [0.5, 0.6) is 0 Å². The first kappa shape index (κ1) is 19.2. The third-order valence-electron chi connectivity index (χ3n) is 2.99. The minimum absolute atomic E-state index is 0.0834. The molecule has 130 valence electrons. The molecule has 0 radical (unpaired) electrons. The van der Waals surface area contributed by atoms with Gasteiger partial charge >= 0.3 is 24.2 Å². The monoisotopic (exact) mass is 356 g/mol. The Kier molecular flexibility index (Phi) is 4.50. The van der Waals surface area contributed by atoms with Gasteiger partial charge in [-0.1, -0.05) is 6.07 Å². The van der Waals surface area contributed by atoms with Crippen LogP contribution in [0.1, 0.15) is 27.0 Å². The van der Waals surface area contributed by atoms with Crippen molar-refractivity contribution in [3.63, 3.8) is 0 Å². The molecule has 0 aliphatic carbocycles. The summed E-state index contributed by atoms with van der Waals surface area (Å²) in [5.41, 5.74) is -12.4. The molecule has 0 saturated carbocycles. The highest BCUT2D eigenvalue weighted by Crippen LogP contribution is 2.54. The van der Waals surface area contributed by atoms with Crippen molar-refractivity contribution < 1.29 is 48.7 Å². The van der Waals surface area contributed by atoms with Crippen molar-refractivity contribution in [2.45, 2.75) is 31.1 Å². The minimum atomic E-state index is -6.55. The Morgan fingerprint density at radius 1 is 0.826 bits per heavy atom. The molecule has 0 unspecified atom stereocenters. The molecule has 0 N–H and O–H groups in total. The smallest absolute Gasteiger partial charge is 0.298 e. The van der Waals surface area contributed by atoms with E-state index in [1.165, 1.54) is 0 Å². The Balaban J connectivity index is 3.85. The van der Waals surface area contributed by atoms with E-state index in [0.717, 1.165) is 0 Å². The predicted molar refractivity (Wildman–Crippen MR) is 56.5 cm³/mol. The number of alkyl halides is 10. The fourth-order valence-corrected chi connectivity index (χ4v) is 1.88. The number of hydrogen-bond donors (Lipinski definition) is 0. The predicted octanol–water partition coefficient (Wildman–Crippen LogP) is 5.12. The maximum absolute atomic E-state index is 13.8. The Labute approximate surface area is 121 Å². The van der Waals surface area contributed by atoms with E-state index in [4.69, 9.17) is 0 Å². The van der Waals surface area contributed by atoms with Gasteiger partial charge in [0.1, 0.15) is 0 Å². The van der Waals surface area contributed by atoms with Crippen LogP contribution in [0.25, 0.3) is 0 Å². The summed E-state index contributed by atoms with van der Waals surface area (Å²) in [4.78, 5) is 10.6. The van der Waals surface area contributed by atoms with E-state index in [1.54, 1.807) is 0 Å². The van der Waals surface area contributed by atoms with Crippen molar-refractivity contribution in [2.75, 3.05) is 0 Å². The van der Waals surface area contributed by atoms with Crippen molar-refractivity contribution in [3.05, 3.63) is 34.4 Å². The number of aryl methyl sites for hydroxylation is 1. The van der Waals surface area contributed by atoms with Crippen LogP contribution >= 0.6 is 0 Å². The molecule has 0 heterocycles. The van der Waals surface area contributed by atoms with Crippen LogP contribution in [0.3, 0.4) is 0 Å². The zero-order valence-corrected chi connectivity index (χ0v) is 10.9. The molecule has 11 heteroatoms. The largest absolute Gasteiger partial charge is 0.435 e.